The van der Waals surface area contributed by atoms with E-state index in [1.807, 2.05) is 43.4 Å². The van der Waals surface area contributed by atoms with Crippen LogP contribution < -0.4 is 0 Å². The van der Waals surface area contributed by atoms with Gasteiger partial charge in [-0.3, -0.25) is 0 Å². The van der Waals surface area contributed by atoms with Crippen LogP contribution in [0.5, 0.6) is 0 Å². The van der Waals surface area contributed by atoms with Gasteiger partial charge in [-0.1, -0.05) is 119 Å². The van der Waals surface area contributed by atoms with Crippen LogP contribution in [-0.2, 0) is 19.3 Å². The molecule has 0 saturated carbocycles. The fourth-order valence-corrected chi connectivity index (χ4v) is 6.95. The van der Waals surface area contributed by atoms with Crippen molar-refractivity contribution in [2.24, 2.45) is 5.41 Å². The Morgan fingerprint density at radius 2 is 1.28 bits per heavy atom. The number of ether oxygens (including phenoxy) is 2. The molecule has 1 N–H and O–H groups in total. The van der Waals surface area contributed by atoms with E-state index in [1.54, 1.807) is 6.08 Å². The number of hydrogen-bond donors (Lipinski definition) is 1. The summed E-state index contributed by atoms with van der Waals surface area (Å²) in [5, 5.41) is 11.9. The first-order chi connectivity index (χ1) is 23.6. The van der Waals surface area contributed by atoms with Gasteiger partial charge in [-0.2, -0.15) is 0 Å². The summed E-state index contributed by atoms with van der Waals surface area (Å²) in [6.45, 7) is 39.2. The highest BCUT2D eigenvalue weighted by Gasteiger charge is 2.32. The Morgan fingerprint density at radius 3 is 1.74 bits per heavy atom. The Morgan fingerprint density at radius 1 is 0.700 bits per heavy atom. The summed E-state index contributed by atoms with van der Waals surface area (Å²) < 4.78 is 38.9. The van der Waals surface area contributed by atoms with Crippen LogP contribution in [0.15, 0.2) is 181 Å². The normalized spacial score (nSPS) is 16.0. The van der Waals surface area contributed by atoms with Crippen LogP contribution in [0.25, 0.3) is 0 Å². The molecule has 0 aromatic carbocycles. The summed E-state index contributed by atoms with van der Waals surface area (Å²) in [6.07, 6.45) is 28.2. The topological polar surface area (TPSA) is 72.8 Å². The lowest BCUT2D eigenvalue weighted by atomic mass is 9.75. The molecule has 0 rings (SSSR count). The van der Waals surface area contributed by atoms with Crippen molar-refractivity contribution in [1.29, 1.82) is 0 Å². The van der Waals surface area contributed by atoms with Crippen LogP contribution in [-0.4, -0.2) is 19.1 Å². The fraction of sp³-hybridized carbons (Fsp3) is 0.302. The minimum absolute atomic E-state index is 0.0759. The van der Waals surface area contributed by atoms with Gasteiger partial charge in [0.2, 0.25) is 9.84 Å². The molecule has 0 amide bonds. The van der Waals surface area contributed by atoms with Crippen LogP contribution >= 0.6 is 8.58 Å². The van der Waals surface area contributed by atoms with E-state index in [1.165, 1.54) is 53.9 Å². The van der Waals surface area contributed by atoms with Crippen molar-refractivity contribution in [3.63, 3.8) is 0 Å². The molecule has 0 fully saturated rings. The first-order valence-corrected chi connectivity index (χ1v) is 19.1. The van der Waals surface area contributed by atoms with Gasteiger partial charge in [-0.25, -0.2) is 8.42 Å². The molecule has 0 heterocycles. The predicted octanol–water partition coefficient (Wildman–Crippen LogP) is 12.8. The predicted molar refractivity (Wildman–Crippen MR) is 220 cm³/mol. The Balaban J connectivity index is 6.23. The van der Waals surface area contributed by atoms with E-state index >= 15 is 0 Å². The Bertz CT molecular complexity index is 1600. The van der Waals surface area contributed by atoms with Crippen LogP contribution in [0.2, 0.25) is 0 Å². The quantitative estimate of drug-likeness (QED) is 0.0440. The van der Waals surface area contributed by atoms with Gasteiger partial charge in [0.15, 0.2) is 0 Å². The second-order valence-electron chi connectivity index (χ2n) is 12.2. The molecule has 0 aromatic rings. The van der Waals surface area contributed by atoms with Gasteiger partial charge in [0.1, 0.15) is 28.6 Å². The first-order valence-electron chi connectivity index (χ1n) is 16.7. The van der Waals surface area contributed by atoms with E-state index in [2.05, 4.69) is 80.7 Å². The molecular formula is C43H59O5PS. The zero-order valence-electron chi connectivity index (χ0n) is 31.1. The molecule has 5 nitrogen and oxygen atoms in total. The summed E-state index contributed by atoms with van der Waals surface area (Å²) in [7, 11) is -3.60. The van der Waals surface area contributed by atoms with Crippen molar-refractivity contribution in [2.45, 2.75) is 79.2 Å². The molecule has 2 atom stereocenters. The number of rotatable bonds is 25. The molecule has 0 aliphatic heterocycles. The van der Waals surface area contributed by atoms with Crippen molar-refractivity contribution in [1.82, 2.24) is 0 Å². The lowest BCUT2D eigenvalue weighted by Crippen LogP contribution is -2.32. The van der Waals surface area contributed by atoms with Gasteiger partial charge >= 0.3 is 0 Å². The van der Waals surface area contributed by atoms with Gasteiger partial charge < -0.3 is 14.6 Å². The third-order valence-corrected chi connectivity index (χ3v) is 11.0. The molecule has 0 saturated heterocycles. The highest BCUT2D eigenvalue weighted by molar-refractivity contribution is 7.99. The summed E-state index contributed by atoms with van der Waals surface area (Å²) in [5.41, 5.74) is -0.281. The Kier molecular flexibility index (Phi) is 21.4. The first kappa shape index (κ1) is 45.9. The van der Waals surface area contributed by atoms with E-state index in [9.17, 15) is 13.5 Å². The number of aliphatic hydroxyl groups excluding tert-OH is 1. The van der Waals surface area contributed by atoms with Crippen LogP contribution in [0.3, 0.4) is 0 Å². The highest BCUT2D eigenvalue weighted by Crippen LogP contribution is 2.39. The number of allylic oxidation sites excluding steroid dienone is 18. The van der Waals surface area contributed by atoms with Crippen LogP contribution in [0, 0.1) is 5.41 Å². The van der Waals surface area contributed by atoms with Crippen molar-refractivity contribution in [2.75, 3.05) is 0 Å². The monoisotopic (exact) mass is 718 g/mol. The maximum Gasteiger partial charge on any atom is 0.206 e. The third kappa shape index (κ3) is 16.5. The lowest BCUT2D eigenvalue weighted by Gasteiger charge is -2.37. The van der Waals surface area contributed by atoms with E-state index in [0.717, 1.165) is 31.0 Å². The molecule has 0 spiro atoms. The van der Waals surface area contributed by atoms with Gasteiger partial charge in [-0.05, 0) is 104 Å². The minimum Gasteiger partial charge on any atom is -0.508 e. The highest BCUT2D eigenvalue weighted by atomic mass is 32.2. The van der Waals surface area contributed by atoms with Gasteiger partial charge in [0, 0.05) is 6.42 Å². The fourth-order valence-electron chi connectivity index (χ4n) is 4.77. The summed E-state index contributed by atoms with van der Waals surface area (Å²) in [4.78, 5) is -0.189. The van der Waals surface area contributed by atoms with E-state index in [4.69, 9.17) is 9.47 Å². The maximum atomic E-state index is 13.2. The molecule has 0 bridgehead atoms. The smallest absolute Gasteiger partial charge is 0.206 e. The number of aliphatic hydroxyl groups is 1. The molecular weight excluding hydrogens is 660 g/mol. The molecule has 0 aromatic heterocycles. The molecule has 0 aliphatic rings. The average molecular weight is 719 g/mol. The van der Waals surface area contributed by atoms with E-state index in [-0.39, 0.29) is 26.6 Å². The maximum absolute atomic E-state index is 13.2. The molecule has 7 heteroatoms. The Labute approximate surface area is 305 Å². The van der Waals surface area contributed by atoms with Gasteiger partial charge in [-0.15, -0.1) is 6.58 Å². The van der Waals surface area contributed by atoms with Crippen LogP contribution in [0.1, 0.15) is 73.6 Å². The second kappa shape index (κ2) is 23.3. The zero-order valence-corrected chi connectivity index (χ0v) is 33.0. The summed E-state index contributed by atoms with van der Waals surface area (Å²) in [6, 6.07) is 0. The largest absolute Gasteiger partial charge is 0.508 e. The van der Waals surface area contributed by atoms with E-state index < -0.39 is 9.84 Å². The SMILES string of the molecule is C=CCC(C)(CC)CC(C)(C)O/C(C=C)=C/C=C(\C=C)P/C(=C/C=C(\CC)O/C(C=C)=C/C=C(\C=C)S(=O)(=O)/C(C=C)=C/C=C(/O)C=C)CC. The average Bonchev–Trinajstić information content (AvgIpc) is 3.09. The van der Waals surface area contributed by atoms with Gasteiger partial charge in [0.25, 0.3) is 0 Å². The standard InChI is InChI=1S/C43H59O5PS/c1-14-32-43(13,23-10)33-42(11,12)48-37(18-5)26-29-39(20-7)49-38(19-6)28-25-35(16-3)47-36(17-4)27-31-41(22-9)50(45,46)40(21-8)30-24-34(44)15-2/h14-15,17-18,20-22,24-31,44,49H,1-2,4-5,7-9,16,19,23,32-33H2,3,6,10-13H3/b34-24+,35-25+,36-27+,37-26+,38-28+,39-29+,40-30+,41-31+. The zero-order chi connectivity index (χ0) is 38.4. The van der Waals surface area contributed by atoms with Crippen molar-refractivity contribution >= 4 is 18.4 Å². The molecule has 0 aliphatic carbocycles. The summed E-state index contributed by atoms with van der Waals surface area (Å²) >= 11 is 0. The van der Waals surface area contributed by atoms with Crippen molar-refractivity contribution < 1.29 is 23.0 Å². The third-order valence-electron chi connectivity index (χ3n) is 7.60. The van der Waals surface area contributed by atoms with E-state index in [0.29, 0.717) is 32.3 Å². The van der Waals surface area contributed by atoms with Gasteiger partial charge in [0.05, 0.1) is 9.81 Å². The molecule has 50 heavy (non-hydrogen) atoms. The Hall–Kier alpha value is -4.12. The number of sulfone groups is 1. The van der Waals surface area contributed by atoms with Crippen molar-refractivity contribution in [3.05, 3.63) is 181 Å². The van der Waals surface area contributed by atoms with Crippen LogP contribution in [0.4, 0.5) is 0 Å². The molecule has 272 valence electrons. The molecule has 0 radical (unpaired) electrons. The second-order valence-corrected chi connectivity index (χ2v) is 15.6. The molecule has 2 unspecified atom stereocenters. The van der Waals surface area contributed by atoms with Crippen molar-refractivity contribution in [3.8, 4) is 0 Å². The summed E-state index contributed by atoms with van der Waals surface area (Å²) in [5.74, 6) is 1.55. The lowest BCUT2D eigenvalue weighted by molar-refractivity contribution is -0.00147. The number of hydrogen-bond acceptors (Lipinski definition) is 5. The minimum atomic E-state index is -3.97.